The van der Waals surface area contributed by atoms with Crippen LogP contribution in [0.1, 0.15) is 30.7 Å². The molecule has 1 saturated heterocycles. The molecule has 0 saturated carbocycles. The average molecular weight is 436 g/mol. The van der Waals surface area contributed by atoms with E-state index in [1.54, 1.807) is 4.90 Å². The van der Waals surface area contributed by atoms with Crippen LogP contribution in [0.3, 0.4) is 0 Å². The Hall–Kier alpha value is -2.64. The average Bonchev–Trinajstić information content (AvgIpc) is 3.19. The molecule has 6 nitrogen and oxygen atoms in total. The van der Waals surface area contributed by atoms with Gasteiger partial charge in [0.2, 0.25) is 5.91 Å². The number of likely N-dealkylation sites (tertiary alicyclic amines) is 1. The molecule has 1 aromatic heterocycles. The number of hydrogen-bond donors (Lipinski definition) is 0. The quantitative estimate of drug-likeness (QED) is 0.499. The molecule has 0 aliphatic carbocycles. The van der Waals surface area contributed by atoms with Crippen molar-refractivity contribution in [2.75, 3.05) is 30.8 Å². The molecule has 0 unspecified atom stereocenters. The van der Waals surface area contributed by atoms with Crippen LogP contribution in [0.5, 0.6) is 0 Å². The summed E-state index contributed by atoms with van der Waals surface area (Å²) in [5.74, 6) is 1.34. The van der Waals surface area contributed by atoms with Crippen molar-refractivity contribution >= 4 is 23.4 Å². The Bertz CT molecular complexity index is 970. The minimum atomic E-state index is 0.0445. The van der Waals surface area contributed by atoms with Crippen molar-refractivity contribution in [3.05, 3.63) is 72.1 Å². The van der Waals surface area contributed by atoms with Gasteiger partial charge in [-0.15, -0.1) is 10.2 Å². The largest absolute Gasteiger partial charge is 0.315 e. The van der Waals surface area contributed by atoms with E-state index in [9.17, 15) is 4.79 Å². The molecule has 1 fully saturated rings. The first-order valence-corrected chi connectivity index (χ1v) is 11.8. The maximum atomic E-state index is 12.7. The van der Waals surface area contributed by atoms with Gasteiger partial charge in [-0.2, -0.15) is 0 Å². The number of anilines is 1. The number of thioether (sulfide) groups is 1. The predicted octanol–water partition coefficient (Wildman–Crippen LogP) is 4.07. The van der Waals surface area contributed by atoms with Crippen LogP contribution in [0.4, 0.5) is 5.69 Å². The number of para-hydroxylation sites is 1. The summed E-state index contributed by atoms with van der Waals surface area (Å²) < 4.78 is 2.17. The number of piperidine rings is 1. The molecule has 1 amide bonds. The van der Waals surface area contributed by atoms with Crippen molar-refractivity contribution in [3.63, 3.8) is 0 Å². The fourth-order valence-corrected chi connectivity index (χ4v) is 4.67. The molecule has 7 heteroatoms. The molecule has 162 valence electrons. The number of hydrogen-bond acceptors (Lipinski definition) is 5. The maximum Gasteiger partial charge on any atom is 0.237 e. The highest BCUT2D eigenvalue weighted by atomic mass is 32.2. The number of aromatic nitrogens is 3. The monoisotopic (exact) mass is 435 g/mol. The molecular weight excluding hydrogens is 406 g/mol. The van der Waals surface area contributed by atoms with Crippen molar-refractivity contribution in [2.24, 2.45) is 0 Å². The van der Waals surface area contributed by atoms with Gasteiger partial charge in [-0.1, -0.05) is 66.7 Å². The van der Waals surface area contributed by atoms with E-state index in [2.05, 4.69) is 43.9 Å². The summed E-state index contributed by atoms with van der Waals surface area (Å²) in [4.78, 5) is 16.9. The van der Waals surface area contributed by atoms with Gasteiger partial charge in [0, 0.05) is 12.7 Å². The van der Waals surface area contributed by atoms with E-state index < -0.39 is 0 Å². The Morgan fingerprint density at radius 3 is 2.32 bits per heavy atom. The van der Waals surface area contributed by atoms with E-state index >= 15 is 0 Å². The maximum absolute atomic E-state index is 12.7. The molecule has 1 aliphatic rings. The molecule has 4 rings (SSSR count). The minimum absolute atomic E-state index is 0.0445. The van der Waals surface area contributed by atoms with Gasteiger partial charge in [-0.25, -0.2) is 0 Å². The standard InChI is InChI=1S/C24H29N5OS/c1-27(21-13-7-3-8-14-21)23(30)19-31-24-26-25-22(18-28-15-9-4-10-16-28)29(24)17-20-11-5-2-6-12-20/h2-3,5-8,11-14H,4,9-10,15-19H2,1H3. The van der Waals surface area contributed by atoms with Gasteiger partial charge in [-0.3, -0.25) is 9.69 Å². The third-order valence-corrected chi connectivity index (χ3v) is 6.58. The molecule has 2 aromatic carbocycles. The molecule has 0 N–H and O–H groups in total. The minimum Gasteiger partial charge on any atom is -0.315 e. The molecule has 1 aliphatic heterocycles. The topological polar surface area (TPSA) is 54.3 Å². The lowest BCUT2D eigenvalue weighted by atomic mass is 10.1. The summed E-state index contributed by atoms with van der Waals surface area (Å²) in [6.07, 6.45) is 3.80. The Morgan fingerprint density at radius 1 is 0.935 bits per heavy atom. The zero-order valence-corrected chi connectivity index (χ0v) is 18.8. The Kier molecular flexibility index (Phi) is 7.38. The van der Waals surface area contributed by atoms with Crippen LogP contribution in [-0.2, 0) is 17.9 Å². The van der Waals surface area contributed by atoms with E-state index in [1.165, 1.54) is 36.6 Å². The van der Waals surface area contributed by atoms with E-state index in [0.717, 1.165) is 36.3 Å². The Morgan fingerprint density at radius 2 is 1.61 bits per heavy atom. The van der Waals surface area contributed by atoms with Crippen LogP contribution in [0, 0.1) is 0 Å². The molecule has 2 heterocycles. The summed E-state index contributed by atoms with van der Waals surface area (Å²) >= 11 is 1.46. The zero-order valence-electron chi connectivity index (χ0n) is 18.0. The second-order valence-electron chi connectivity index (χ2n) is 7.88. The second-order valence-corrected chi connectivity index (χ2v) is 8.83. The van der Waals surface area contributed by atoms with Gasteiger partial charge in [-0.05, 0) is 43.6 Å². The normalized spacial score (nSPS) is 14.5. The number of carbonyl (C=O) groups excluding carboxylic acids is 1. The highest BCUT2D eigenvalue weighted by Gasteiger charge is 2.19. The first-order valence-electron chi connectivity index (χ1n) is 10.8. The molecule has 0 radical (unpaired) electrons. The van der Waals surface area contributed by atoms with Crippen molar-refractivity contribution < 1.29 is 4.79 Å². The van der Waals surface area contributed by atoms with Crippen molar-refractivity contribution in [1.29, 1.82) is 0 Å². The van der Waals surface area contributed by atoms with Gasteiger partial charge < -0.3 is 9.47 Å². The van der Waals surface area contributed by atoms with E-state index in [1.807, 2.05) is 43.4 Å². The van der Waals surface area contributed by atoms with Crippen LogP contribution in [0.2, 0.25) is 0 Å². The highest BCUT2D eigenvalue weighted by Crippen LogP contribution is 2.22. The molecule has 31 heavy (non-hydrogen) atoms. The van der Waals surface area contributed by atoms with Crippen LogP contribution < -0.4 is 4.90 Å². The van der Waals surface area contributed by atoms with Gasteiger partial charge in [0.25, 0.3) is 0 Å². The van der Waals surface area contributed by atoms with Crippen LogP contribution in [0.25, 0.3) is 0 Å². The van der Waals surface area contributed by atoms with Crippen LogP contribution in [0.15, 0.2) is 65.8 Å². The van der Waals surface area contributed by atoms with Gasteiger partial charge in [0.05, 0.1) is 18.8 Å². The molecule has 0 atom stereocenters. The second kappa shape index (κ2) is 10.6. The first kappa shape index (κ1) is 21.6. The third kappa shape index (κ3) is 5.74. The summed E-state index contributed by atoms with van der Waals surface area (Å²) in [5.41, 5.74) is 2.10. The fourth-order valence-electron chi connectivity index (χ4n) is 3.80. The fraction of sp³-hybridized carbons (Fsp3) is 0.375. The van der Waals surface area contributed by atoms with E-state index in [0.29, 0.717) is 12.3 Å². The van der Waals surface area contributed by atoms with Crippen LogP contribution >= 0.6 is 11.8 Å². The first-order chi connectivity index (χ1) is 15.2. The Labute approximate surface area is 188 Å². The molecule has 3 aromatic rings. The number of nitrogens with zero attached hydrogens (tertiary/aromatic N) is 5. The summed E-state index contributed by atoms with van der Waals surface area (Å²) in [7, 11) is 1.81. The molecule has 0 spiro atoms. The number of rotatable bonds is 8. The molecule has 0 bridgehead atoms. The van der Waals surface area contributed by atoms with Crippen LogP contribution in [-0.4, -0.2) is 51.5 Å². The number of amides is 1. The number of carbonyl (C=O) groups is 1. The highest BCUT2D eigenvalue weighted by molar-refractivity contribution is 7.99. The smallest absolute Gasteiger partial charge is 0.237 e. The van der Waals surface area contributed by atoms with Gasteiger partial charge >= 0.3 is 0 Å². The lowest BCUT2D eigenvalue weighted by Gasteiger charge is -2.26. The lowest BCUT2D eigenvalue weighted by Crippen LogP contribution is -2.30. The lowest BCUT2D eigenvalue weighted by molar-refractivity contribution is -0.115. The summed E-state index contributed by atoms with van der Waals surface area (Å²) in [6, 6.07) is 20.1. The summed E-state index contributed by atoms with van der Waals surface area (Å²) in [6.45, 7) is 3.74. The predicted molar refractivity (Wildman–Crippen MR) is 125 cm³/mol. The zero-order chi connectivity index (χ0) is 21.5. The third-order valence-electron chi connectivity index (χ3n) is 5.63. The van der Waals surface area contributed by atoms with E-state index in [-0.39, 0.29) is 5.91 Å². The van der Waals surface area contributed by atoms with E-state index in [4.69, 9.17) is 0 Å². The Balaban J connectivity index is 1.48. The van der Waals surface area contributed by atoms with Crippen molar-refractivity contribution in [3.8, 4) is 0 Å². The summed E-state index contributed by atoms with van der Waals surface area (Å²) in [5, 5.41) is 9.77. The molecular formula is C24H29N5OS. The van der Waals surface area contributed by atoms with Crippen molar-refractivity contribution in [2.45, 2.75) is 37.5 Å². The van der Waals surface area contributed by atoms with Gasteiger partial charge in [0.15, 0.2) is 5.16 Å². The van der Waals surface area contributed by atoms with Crippen molar-refractivity contribution in [1.82, 2.24) is 19.7 Å². The number of benzene rings is 2. The van der Waals surface area contributed by atoms with Gasteiger partial charge in [0.1, 0.15) is 5.82 Å². The SMILES string of the molecule is CN(C(=O)CSc1nnc(CN2CCCCC2)n1Cc1ccccc1)c1ccccc1.